The molecule has 0 radical (unpaired) electrons. The van der Waals surface area contributed by atoms with Gasteiger partial charge in [-0.1, -0.05) is 26.7 Å². The number of piperidine rings is 1. The molecule has 4 nitrogen and oxygen atoms in total. The number of hydrogen-bond donors (Lipinski definition) is 1. The van der Waals surface area contributed by atoms with E-state index in [0.717, 1.165) is 38.8 Å². The van der Waals surface area contributed by atoms with Gasteiger partial charge in [0.2, 0.25) is 5.91 Å². The molecule has 0 aromatic rings. The van der Waals surface area contributed by atoms with E-state index in [1.165, 1.54) is 19.3 Å². The molecular formula is C18H34N2O2. The van der Waals surface area contributed by atoms with Crippen molar-refractivity contribution in [2.75, 3.05) is 33.3 Å². The van der Waals surface area contributed by atoms with Crippen molar-refractivity contribution < 1.29 is 9.90 Å². The summed E-state index contributed by atoms with van der Waals surface area (Å²) in [7, 11) is 1.99. The summed E-state index contributed by atoms with van der Waals surface area (Å²) < 4.78 is 0. The van der Waals surface area contributed by atoms with Gasteiger partial charge in [0.05, 0.1) is 6.54 Å². The van der Waals surface area contributed by atoms with Crippen LogP contribution in [-0.2, 0) is 4.79 Å². The molecule has 2 rings (SSSR count). The fraction of sp³-hybridized carbons (Fsp3) is 0.944. The zero-order valence-corrected chi connectivity index (χ0v) is 14.7. The Morgan fingerprint density at radius 2 is 1.91 bits per heavy atom. The van der Waals surface area contributed by atoms with Gasteiger partial charge in [-0.3, -0.25) is 9.69 Å². The zero-order valence-electron chi connectivity index (χ0n) is 14.7. The van der Waals surface area contributed by atoms with Crippen LogP contribution in [0.2, 0.25) is 0 Å². The molecule has 0 aromatic carbocycles. The SMILES string of the molecule is CCC1(CO)CCN(CC(=O)N(C)C2CCCCC2C)CC1. The van der Waals surface area contributed by atoms with Crippen LogP contribution in [0.15, 0.2) is 0 Å². The monoisotopic (exact) mass is 310 g/mol. The number of likely N-dealkylation sites (tertiary alicyclic amines) is 1. The highest BCUT2D eigenvalue weighted by atomic mass is 16.3. The number of nitrogens with zero attached hydrogens (tertiary/aromatic N) is 2. The molecule has 128 valence electrons. The largest absolute Gasteiger partial charge is 0.396 e. The topological polar surface area (TPSA) is 43.8 Å². The van der Waals surface area contributed by atoms with E-state index in [4.69, 9.17) is 0 Å². The number of aliphatic hydroxyl groups excluding tert-OH is 1. The van der Waals surface area contributed by atoms with Crippen molar-refractivity contribution in [3.05, 3.63) is 0 Å². The van der Waals surface area contributed by atoms with Gasteiger partial charge in [0.15, 0.2) is 0 Å². The van der Waals surface area contributed by atoms with Crippen LogP contribution in [0.4, 0.5) is 0 Å². The summed E-state index contributed by atoms with van der Waals surface area (Å²) in [5.74, 6) is 0.901. The summed E-state index contributed by atoms with van der Waals surface area (Å²) in [6.45, 7) is 7.15. The van der Waals surface area contributed by atoms with E-state index in [1.807, 2.05) is 11.9 Å². The number of amides is 1. The van der Waals surface area contributed by atoms with Gasteiger partial charge in [-0.2, -0.15) is 0 Å². The van der Waals surface area contributed by atoms with Gasteiger partial charge in [-0.15, -0.1) is 0 Å². The molecule has 2 aliphatic rings. The number of carbonyl (C=O) groups excluding carboxylic acids is 1. The molecule has 0 bridgehead atoms. The summed E-state index contributed by atoms with van der Waals surface area (Å²) in [4.78, 5) is 16.9. The Labute approximate surface area is 135 Å². The van der Waals surface area contributed by atoms with Crippen molar-refractivity contribution in [2.45, 2.75) is 64.8 Å². The maximum Gasteiger partial charge on any atom is 0.236 e. The van der Waals surface area contributed by atoms with Gasteiger partial charge in [-0.25, -0.2) is 0 Å². The van der Waals surface area contributed by atoms with E-state index in [1.54, 1.807) is 0 Å². The van der Waals surface area contributed by atoms with Gasteiger partial charge in [0.25, 0.3) is 0 Å². The minimum Gasteiger partial charge on any atom is -0.396 e. The average Bonchev–Trinajstić information content (AvgIpc) is 2.55. The lowest BCUT2D eigenvalue weighted by molar-refractivity contribution is -0.135. The Hall–Kier alpha value is -0.610. The number of rotatable bonds is 5. The summed E-state index contributed by atoms with van der Waals surface area (Å²) in [6, 6.07) is 0.429. The first-order valence-corrected chi connectivity index (χ1v) is 9.10. The van der Waals surface area contributed by atoms with Crippen molar-refractivity contribution in [3.8, 4) is 0 Å². The normalized spacial score (nSPS) is 29.3. The molecule has 4 heteroatoms. The summed E-state index contributed by atoms with van der Waals surface area (Å²) in [5.41, 5.74) is 0.101. The van der Waals surface area contributed by atoms with E-state index >= 15 is 0 Å². The number of aliphatic hydroxyl groups is 1. The first-order chi connectivity index (χ1) is 10.5. The summed E-state index contributed by atoms with van der Waals surface area (Å²) >= 11 is 0. The van der Waals surface area contributed by atoms with Gasteiger partial charge in [-0.05, 0) is 56.5 Å². The standard InChI is InChI=1S/C18H34N2O2/c1-4-18(14-21)9-11-20(12-10-18)13-17(22)19(3)16-8-6-5-7-15(16)2/h15-16,21H,4-14H2,1-3H3. The second-order valence-electron chi connectivity index (χ2n) is 7.62. The fourth-order valence-corrected chi connectivity index (χ4v) is 4.17. The summed E-state index contributed by atoms with van der Waals surface area (Å²) in [6.07, 6.45) is 8.03. The molecule has 1 amide bonds. The lowest BCUT2D eigenvalue weighted by atomic mass is 9.77. The van der Waals surface area contributed by atoms with Crippen LogP contribution >= 0.6 is 0 Å². The second-order valence-corrected chi connectivity index (χ2v) is 7.62. The summed E-state index contributed by atoms with van der Waals surface area (Å²) in [5, 5.41) is 9.60. The maximum absolute atomic E-state index is 12.6. The zero-order chi connectivity index (χ0) is 16.2. The van der Waals surface area contributed by atoms with Gasteiger partial charge in [0, 0.05) is 19.7 Å². The van der Waals surface area contributed by atoms with E-state index in [2.05, 4.69) is 18.7 Å². The minimum absolute atomic E-state index is 0.101. The number of hydrogen-bond acceptors (Lipinski definition) is 3. The Morgan fingerprint density at radius 3 is 2.45 bits per heavy atom. The molecule has 2 atom stereocenters. The highest BCUT2D eigenvalue weighted by molar-refractivity contribution is 5.78. The van der Waals surface area contributed by atoms with Gasteiger partial charge < -0.3 is 10.0 Å². The van der Waals surface area contributed by atoms with Crippen molar-refractivity contribution in [1.29, 1.82) is 0 Å². The Kier molecular flexibility index (Phi) is 6.27. The quantitative estimate of drug-likeness (QED) is 0.848. The van der Waals surface area contributed by atoms with Crippen LogP contribution < -0.4 is 0 Å². The number of carbonyl (C=O) groups is 1. The lowest BCUT2D eigenvalue weighted by Gasteiger charge is -2.41. The minimum atomic E-state index is 0.101. The molecule has 2 unspecified atom stereocenters. The molecule has 2 fully saturated rings. The lowest BCUT2D eigenvalue weighted by Crippen LogP contribution is -2.49. The Bertz CT molecular complexity index is 358. The highest BCUT2D eigenvalue weighted by Crippen LogP contribution is 2.34. The molecular weight excluding hydrogens is 276 g/mol. The smallest absolute Gasteiger partial charge is 0.236 e. The van der Waals surface area contributed by atoms with Crippen LogP contribution in [0.25, 0.3) is 0 Å². The maximum atomic E-state index is 12.6. The predicted octanol–water partition coefficient (Wildman–Crippen LogP) is 2.51. The van der Waals surface area contributed by atoms with E-state index < -0.39 is 0 Å². The number of likely N-dealkylation sites (N-methyl/N-ethyl adjacent to an activating group) is 1. The van der Waals surface area contributed by atoms with Crippen LogP contribution in [0.1, 0.15) is 58.8 Å². The Balaban J connectivity index is 1.82. The molecule has 1 heterocycles. The third kappa shape index (κ3) is 4.02. The molecule has 1 aliphatic carbocycles. The average molecular weight is 310 g/mol. The van der Waals surface area contributed by atoms with Gasteiger partial charge >= 0.3 is 0 Å². The molecule has 1 saturated carbocycles. The van der Waals surface area contributed by atoms with Crippen LogP contribution in [0.3, 0.4) is 0 Å². The molecule has 0 aromatic heterocycles. The predicted molar refractivity (Wildman–Crippen MR) is 89.7 cm³/mol. The third-order valence-electron chi connectivity index (χ3n) is 6.32. The van der Waals surface area contributed by atoms with E-state index in [0.29, 0.717) is 18.5 Å². The first kappa shape index (κ1) is 17.7. The highest BCUT2D eigenvalue weighted by Gasteiger charge is 2.34. The third-order valence-corrected chi connectivity index (χ3v) is 6.32. The van der Waals surface area contributed by atoms with Crippen LogP contribution in [0.5, 0.6) is 0 Å². The molecule has 1 saturated heterocycles. The van der Waals surface area contributed by atoms with E-state index in [9.17, 15) is 9.90 Å². The fourth-order valence-electron chi connectivity index (χ4n) is 4.17. The molecule has 0 spiro atoms. The van der Waals surface area contributed by atoms with Gasteiger partial charge in [0.1, 0.15) is 0 Å². The van der Waals surface area contributed by atoms with Crippen molar-refractivity contribution >= 4 is 5.91 Å². The Morgan fingerprint density at radius 1 is 1.27 bits per heavy atom. The van der Waals surface area contributed by atoms with Crippen molar-refractivity contribution in [3.63, 3.8) is 0 Å². The molecule has 22 heavy (non-hydrogen) atoms. The second kappa shape index (κ2) is 7.78. The first-order valence-electron chi connectivity index (χ1n) is 9.10. The van der Waals surface area contributed by atoms with Crippen molar-refractivity contribution in [1.82, 2.24) is 9.80 Å². The van der Waals surface area contributed by atoms with Crippen molar-refractivity contribution in [2.24, 2.45) is 11.3 Å². The molecule has 1 N–H and O–H groups in total. The van der Waals surface area contributed by atoms with Crippen LogP contribution in [-0.4, -0.2) is 60.1 Å². The van der Waals surface area contributed by atoms with Crippen LogP contribution in [0, 0.1) is 11.3 Å². The van der Waals surface area contributed by atoms with E-state index in [-0.39, 0.29) is 17.9 Å². The molecule has 1 aliphatic heterocycles.